The number of piperazine rings is 1. The van der Waals surface area contributed by atoms with Gasteiger partial charge in [0.15, 0.2) is 0 Å². The fraction of sp³-hybridized carbons (Fsp3) is 0.469. The van der Waals surface area contributed by atoms with Crippen LogP contribution in [0.3, 0.4) is 0 Å². The number of carbonyl (C=O) groups excluding carboxylic acids is 1. The molecule has 0 saturated carbocycles. The van der Waals surface area contributed by atoms with Gasteiger partial charge in [-0.05, 0) is 54.5 Å². The molecule has 0 bridgehead atoms. The lowest BCUT2D eigenvalue weighted by molar-refractivity contribution is -0.140. The van der Waals surface area contributed by atoms with Gasteiger partial charge in [-0.25, -0.2) is 0 Å². The van der Waals surface area contributed by atoms with Crippen LogP contribution < -0.4 is 10.4 Å². The van der Waals surface area contributed by atoms with E-state index in [2.05, 4.69) is 95.1 Å². The smallest absolute Gasteiger partial charge is 0.305 e. The Hall–Kier alpha value is -3.21. The minimum Gasteiger partial charge on any atom is -0.494 e. The highest BCUT2D eigenvalue weighted by atomic mass is 16.5. The quantitative estimate of drug-likeness (QED) is 0.385. The predicted molar refractivity (Wildman–Crippen MR) is 153 cm³/mol. The van der Waals surface area contributed by atoms with Gasteiger partial charge in [0.05, 0.1) is 31.2 Å². The lowest BCUT2D eigenvalue weighted by atomic mass is 9.81. The number of likely N-dealkylation sites (N-methyl/N-ethyl adjacent to an activating group) is 1. The summed E-state index contributed by atoms with van der Waals surface area (Å²) in [5, 5.41) is 2.41. The number of methoxy groups -OCH3 is 1. The molecular formula is C32H44N2O3. The maximum Gasteiger partial charge on any atom is 0.305 e. The van der Waals surface area contributed by atoms with Crippen LogP contribution in [-0.4, -0.2) is 49.1 Å². The summed E-state index contributed by atoms with van der Waals surface area (Å²) in [6.07, 6.45) is 6.28. The second-order valence-electron chi connectivity index (χ2n) is 11.0. The first-order valence-corrected chi connectivity index (χ1v) is 13.3. The van der Waals surface area contributed by atoms with Gasteiger partial charge in [0, 0.05) is 37.0 Å². The van der Waals surface area contributed by atoms with Gasteiger partial charge in [0.25, 0.3) is 0 Å². The van der Waals surface area contributed by atoms with Crippen molar-refractivity contribution in [3.8, 4) is 0 Å². The van der Waals surface area contributed by atoms with Crippen LogP contribution in [0.1, 0.15) is 59.9 Å². The van der Waals surface area contributed by atoms with Crippen LogP contribution in [0.2, 0.25) is 0 Å². The van der Waals surface area contributed by atoms with Crippen molar-refractivity contribution in [2.24, 2.45) is 5.41 Å². The van der Waals surface area contributed by atoms with Crippen molar-refractivity contribution < 1.29 is 14.3 Å². The predicted octanol–water partition coefficient (Wildman–Crippen LogP) is 5.03. The maximum absolute atomic E-state index is 12.0. The highest BCUT2D eigenvalue weighted by molar-refractivity contribution is 5.71. The summed E-state index contributed by atoms with van der Waals surface area (Å²) in [5.41, 5.74) is 6.63. The van der Waals surface area contributed by atoms with Crippen LogP contribution in [0, 0.1) is 5.41 Å². The van der Waals surface area contributed by atoms with Crippen LogP contribution in [0.15, 0.2) is 66.2 Å². The highest BCUT2D eigenvalue weighted by Gasteiger charge is 2.40. The number of fused-ring (bicyclic) bond motifs is 1. The number of nitrogens with zero attached hydrogens (tertiary/aromatic N) is 2. The van der Waals surface area contributed by atoms with Crippen LogP contribution in [0.4, 0.5) is 0 Å². The van der Waals surface area contributed by atoms with Gasteiger partial charge >= 0.3 is 5.97 Å². The van der Waals surface area contributed by atoms with Gasteiger partial charge in [-0.2, -0.15) is 0 Å². The minimum atomic E-state index is -0.189. The largest absolute Gasteiger partial charge is 0.494 e. The molecular weight excluding hydrogens is 460 g/mol. The Balaban J connectivity index is 2.33. The second kappa shape index (κ2) is 11.5. The van der Waals surface area contributed by atoms with E-state index in [4.69, 9.17) is 9.47 Å². The van der Waals surface area contributed by atoms with Crippen LogP contribution in [-0.2, 0) is 20.7 Å². The van der Waals surface area contributed by atoms with Crippen LogP contribution in [0.25, 0.3) is 11.3 Å². The summed E-state index contributed by atoms with van der Waals surface area (Å²) in [6.45, 7) is 23.2. The van der Waals surface area contributed by atoms with Crippen molar-refractivity contribution >= 4 is 17.2 Å². The molecule has 1 atom stereocenters. The number of aryl methyl sites for hydroxylation is 1. The number of carbonyl (C=O) groups is 1. The molecule has 0 aliphatic carbocycles. The molecule has 5 nitrogen and oxygen atoms in total. The zero-order valence-corrected chi connectivity index (χ0v) is 24.0. The van der Waals surface area contributed by atoms with E-state index >= 15 is 0 Å². The normalized spacial score (nSPS) is 20.1. The number of allylic oxidation sites excluding steroid dienone is 2. The molecule has 0 aromatic heterocycles. The molecule has 1 aromatic carbocycles. The van der Waals surface area contributed by atoms with Gasteiger partial charge in [0.2, 0.25) is 0 Å². The van der Waals surface area contributed by atoms with Crippen molar-refractivity contribution in [1.29, 1.82) is 0 Å². The zero-order valence-electron chi connectivity index (χ0n) is 24.0. The first kappa shape index (κ1) is 28.4. The molecule has 2 aliphatic rings. The summed E-state index contributed by atoms with van der Waals surface area (Å²) in [4.78, 5) is 16.8. The fourth-order valence-corrected chi connectivity index (χ4v) is 5.25. The Morgan fingerprint density at radius 1 is 1.22 bits per heavy atom. The first-order valence-electron chi connectivity index (χ1n) is 13.3. The average molecular weight is 505 g/mol. The summed E-state index contributed by atoms with van der Waals surface area (Å²) in [7, 11) is 3.63. The van der Waals surface area contributed by atoms with E-state index in [1.807, 2.05) is 6.92 Å². The monoisotopic (exact) mass is 504 g/mol. The molecule has 2 heterocycles. The number of rotatable bonds is 7. The Morgan fingerprint density at radius 3 is 2.51 bits per heavy atom. The van der Waals surface area contributed by atoms with Crippen molar-refractivity contribution in [3.05, 3.63) is 82.2 Å². The molecule has 2 aliphatic heterocycles. The third kappa shape index (κ3) is 5.87. The Kier molecular flexibility index (Phi) is 8.78. The van der Waals surface area contributed by atoms with E-state index in [1.165, 1.54) is 34.4 Å². The van der Waals surface area contributed by atoms with E-state index in [1.54, 1.807) is 0 Å². The van der Waals surface area contributed by atoms with Gasteiger partial charge in [-0.3, -0.25) is 4.79 Å². The standard InChI is InChI=1S/C32H44N2O3/c1-11-21(3)30-24(16-17-29(35)36-10)14-13-15-25(30)31-27-18-22(4)26(23(5)37-12-2)19-34(27)28(20-33(31)9)32(6,7)8/h13-15,18-19,28H,4-5,11-12,16-17,20H2,1-3,6-10H3/b30-21?,31-25-. The molecule has 5 heteroatoms. The number of hydrogen-bond donors (Lipinski definition) is 0. The molecule has 0 N–H and O–H groups in total. The third-order valence-electron chi connectivity index (χ3n) is 7.42. The zero-order chi connectivity index (χ0) is 27.5. The molecule has 200 valence electrons. The van der Waals surface area contributed by atoms with Crippen LogP contribution >= 0.6 is 0 Å². The summed E-state index contributed by atoms with van der Waals surface area (Å²) in [6, 6.07) is 6.69. The van der Waals surface area contributed by atoms with E-state index < -0.39 is 0 Å². The molecule has 0 amide bonds. The number of ether oxygens (including phenoxy) is 2. The topological polar surface area (TPSA) is 42.0 Å². The van der Waals surface area contributed by atoms with Crippen molar-refractivity contribution in [2.75, 3.05) is 27.3 Å². The third-order valence-corrected chi connectivity index (χ3v) is 7.42. The summed E-state index contributed by atoms with van der Waals surface area (Å²) >= 11 is 0. The maximum atomic E-state index is 12.0. The fourth-order valence-electron chi connectivity index (χ4n) is 5.25. The molecule has 0 spiro atoms. The Bertz CT molecular complexity index is 1260. The average Bonchev–Trinajstić information content (AvgIpc) is 2.85. The van der Waals surface area contributed by atoms with Crippen molar-refractivity contribution in [2.45, 2.75) is 66.8 Å². The van der Waals surface area contributed by atoms with E-state index in [-0.39, 0.29) is 17.4 Å². The SMILES string of the molecule is C=C1C=C2/C(=c3\cccc(CCC(=O)OC)c3=C(C)CC)N(C)CC(C(C)(C)C)N2C=C1C(=C)OCC. The van der Waals surface area contributed by atoms with E-state index in [9.17, 15) is 4.79 Å². The summed E-state index contributed by atoms with van der Waals surface area (Å²) < 4.78 is 10.7. The minimum absolute atomic E-state index is 0.0305. The van der Waals surface area contributed by atoms with Crippen LogP contribution in [0.5, 0.6) is 0 Å². The molecule has 1 aromatic rings. The lowest BCUT2D eigenvalue weighted by Crippen LogP contribution is -2.55. The number of hydrogen-bond acceptors (Lipinski definition) is 5. The van der Waals surface area contributed by atoms with Gasteiger partial charge in [-0.1, -0.05) is 64.6 Å². The Labute approximate surface area is 223 Å². The van der Waals surface area contributed by atoms with Gasteiger partial charge < -0.3 is 19.3 Å². The summed E-state index contributed by atoms with van der Waals surface area (Å²) in [5.74, 6) is 0.460. The van der Waals surface area contributed by atoms with E-state index in [0.29, 0.717) is 25.2 Å². The second-order valence-corrected chi connectivity index (χ2v) is 11.0. The van der Waals surface area contributed by atoms with Gasteiger partial charge in [0.1, 0.15) is 5.76 Å². The van der Waals surface area contributed by atoms with E-state index in [0.717, 1.165) is 29.8 Å². The highest BCUT2D eigenvalue weighted by Crippen LogP contribution is 2.41. The van der Waals surface area contributed by atoms with Crippen molar-refractivity contribution in [3.63, 3.8) is 0 Å². The molecule has 1 saturated heterocycles. The molecule has 1 unspecified atom stereocenters. The lowest BCUT2D eigenvalue weighted by Gasteiger charge is -2.50. The molecule has 3 rings (SSSR count). The first-order chi connectivity index (χ1) is 17.4. The Morgan fingerprint density at radius 2 is 1.92 bits per heavy atom. The molecule has 37 heavy (non-hydrogen) atoms. The molecule has 0 radical (unpaired) electrons. The number of esters is 1. The molecule has 1 fully saturated rings. The van der Waals surface area contributed by atoms with Gasteiger partial charge in [-0.15, -0.1) is 0 Å². The van der Waals surface area contributed by atoms with Crippen molar-refractivity contribution in [1.82, 2.24) is 9.80 Å². The number of benzene rings is 1.